The summed E-state index contributed by atoms with van der Waals surface area (Å²) in [6.45, 7) is 6.58. The first-order valence-corrected chi connectivity index (χ1v) is 6.24. The molecule has 1 aliphatic heterocycles. The Hall–Kier alpha value is -0.900. The SMILES string of the molecule is CC1CC1c1noc(C2(C)CCNCC2)n1. The zero-order valence-corrected chi connectivity index (χ0v) is 9.99. The van der Waals surface area contributed by atoms with Crippen molar-refractivity contribution >= 4 is 0 Å². The first-order valence-electron chi connectivity index (χ1n) is 6.24. The highest BCUT2D eigenvalue weighted by Gasteiger charge is 2.40. The van der Waals surface area contributed by atoms with E-state index in [0.717, 1.165) is 43.6 Å². The Balaban J connectivity index is 1.80. The first kappa shape index (κ1) is 10.3. The molecule has 2 atom stereocenters. The molecule has 4 heteroatoms. The van der Waals surface area contributed by atoms with Crippen LogP contribution in [-0.4, -0.2) is 23.2 Å². The summed E-state index contributed by atoms with van der Waals surface area (Å²) in [4.78, 5) is 4.61. The molecule has 1 N–H and O–H groups in total. The van der Waals surface area contributed by atoms with Gasteiger partial charge < -0.3 is 9.84 Å². The molecule has 0 radical (unpaired) electrons. The van der Waals surface area contributed by atoms with Gasteiger partial charge in [-0.1, -0.05) is 19.0 Å². The molecule has 2 aliphatic rings. The Morgan fingerprint density at radius 3 is 2.69 bits per heavy atom. The number of hydrogen-bond acceptors (Lipinski definition) is 4. The van der Waals surface area contributed by atoms with Crippen LogP contribution in [0.5, 0.6) is 0 Å². The molecular weight excluding hydrogens is 202 g/mol. The summed E-state index contributed by atoms with van der Waals surface area (Å²) in [5.74, 6) is 3.08. The topological polar surface area (TPSA) is 51.0 Å². The van der Waals surface area contributed by atoms with E-state index in [0.29, 0.717) is 5.92 Å². The third-order valence-corrected chi connectivity index (χ3v) is 4.11. The molecule has 2 unspecified atom stereocenters. The minimum Gasteiger partial charge on any atom is -0.339 e. The van der Waals surface area contributed by atoms with Crippen LogP contribution in [0.15, 0.2) is 4.52 Å². The van der Waals surface area contributed by atoms with Crippen LogP contribution in [0.25, 0.3) is 0 Å². The van der Waals surface area contributed by atoms with E-state index in [1.54, 1.807) is 0 Å². The van der Waals surface area contributed by atoms with Crippen LogP contribution in [0.3, 0.4) is 0 Å². The summed E-state index contributed by atoms with van der Waals surface area (Å²) < 4.78 is 5.47. The van der Waals surface area contributed by atoms with E-state index in [2.05, 4.69) is 29.3 Å². The maximum atomic E-state index is 5.47. The molecule has 0 bridgehead atoms. The van der Waals surface area contributed by atoms with Crippen LogP contribution in [0.2, 0.25) is 0 Å². The summed E-state index contributed by atoms with van der Waals surface area (Å²) in [6, 6.07) is 0. The fraction of sp³-hybridized carbons (Fsp3) is 0.833. The van der Waals surface area contributed by atoms with E-state index in [4.69, 9.17) is 4.52 Å². The van der Waals surface area contributed by atoms with E-state index < -0.39 is 0 Å². The Morgan fingerprint density at radius 1 is 1.38 bits per heavy atom. The standard InChI is InChI=1S/C12H19N3O/c1-8-7-9(8)10-14-11(16-15-10)12(2)3-5-13-6-4-12/h8-9,13H,3-7H2,1-2H3. The van der Waals surface area contributed by atoms with E-state index in [1.165, 1.54) is 6.42 Å². The number of nitrogens with zero attached hydrogens (tertiary/aromatic N) is 2. The fourth-order valence-corrected chi connectivity index (χ4v) is 2.50. The minimum absolute atomic E-state index is 0.0919. The summed E-state index contributed by atoms with van der Waals surface area (Å²) in [5.41, 5.74) is 0.0919. The summed E-state index contributed by atoms with van der Waals surface area (Å²) in [5, 5.41) is 7.51. The molecule has 0 aromatic carbocycles. The van der Waals surface area contributed by atoms with Gasteiger partial charge in [0.1, 0.15) is 0 Å². The van der Waals surface area contributed by atoms with Gasteiger partial charge in [0.05, 0.1) is 0 Å². The molecule has 88 valence electrons. The maximum Gasteiger partial charge on any atom is 0.232 e. The van der Waals surface area contributed by atoms with Crippen molar-refractivity contribution in [2.24, 2.45) is 5.92 Å². The van der Waals surface area contributed by atoms with Gasteiger partial charge in [0.2, 0.25) is 5.89 Å². The minimum atomic E-state index is 0.0919. The van der Waals surface area contributed by atoms with Crippen molar-refractivity contribution < 1.29 is 4.52 Å². The van der Waals surface area contributed by atoms with Crippen molar-refractivity contribution in [2.75, 3.05) is 13.1 Å². The van der Waals surface area contributed by atoms with Crippen LogP contribution in [0, 0.1) is 5.92 Å². The molecule has 2 fully saturated rings. The van der Waals surface area contributed by atoms with Gasteiger partial charge in [-0.3, -0.25) is 0 Å². The maximum absolute atomic E-state index is 5.47. The number of aromatic nitrogens is 2. The Morgan fingerprint density at radius 2 is 2.06 bits per heavy atom. The van der Waals surface area contributed by atoms with Gasteiger partial charge >= 0.3 is 0 Å². The zero-order valence-electron chi connectivity index (χ0n) is 9.99. The van der Waals surface area contributed by atoms with Crippen molar-refractivity contribution in [3.05, 3.63) is 11.7 Å². The average molecular weight is 221 g/mol. The molecule has 1 aromatic heterocycles. The monoisotopic (exact) mass is 221 g/mol. The number of piperidine rings is 1. The Kier molecular flexibility index (Phi) is 2.28. The van der Waals surface area contributed by atoms with Gasteiger partial charge in [-0.05, 0) is 38.3 Å². The van der Waals surface area contributed by atoms with Crippen molar-refractivity contribution in [1.29, 1.82) is 0 Å². The zero-order chi connectivity index (χ0) is 11.2. The van der Waals surface area contributed by atoms with Crippen molar-refractivity contribution in [2.45, 2.75) is 44.4 Å². The molecule has 1 aromatic rings. The second kappa shape index (κ2) is 3.55. The quantitative estimate of drug-likeness (QED) is 0.827. The largest absolute Gasteiger partial charge is 0.339 e. The molecule has 0 amide bonds. The van der Waals surface area contributed by atoms with Gasteiger partial charge in [-0.15, -0.1) is 0 Å². The highest BCUT2D eigenvalue weighted by molar-refractivity contribution is 5.12. The lowest BCUT2D eigenvalue weighted by molar-refractivity contribution is 0.240. The lowest BCUT2D eigenvalue weighted by Crippen LogP contribution is -2.37. The van der Waals surface area contributed by atoms with Crippen LogP contribution in [0.1, 0.15) is 50.7 Å². The van der Waals surface area contributed by atoms with Crippen LogP contribution in [-0.2, 0) is 5.41 Å². The van der Waals surface area contributed by atoms with Crippen LogP contribution >= 0.6 is 0 Å². The summed E-state index contributed by atoms with van der Waals surface area (Å²) in [7, 11) is 0. The van der Waals surface area contributed by atoms with Crippen LogP contribution < -0.4 is 5.32 Å². The molecule has 2 heterocycles. The van der Waals surface area contributed by atoms with Crippen molar-refractivity contribution in [3.8, 4) is 0 Å². The van der Waals surface area contributed by atoms with Gasteiger partial charge in [-0.2, -0.15) is 4.98 Å². The van der Waals surface area contributed by atoms with Gasteiger partial charge in [-0.25, -0.2) is 0 Å². The van der Waals surface area contributed by atoms with E-state index in [9.17, 15) is 0 Å². The average Bonchev–Trinajstić information content (AvgIpc) is 2.82. The third kappa shape index (κ3) is 1.65. The molecule has 1 saturated carbocycles. The molecule has 1 saturated heterocycles. The van der Waals surface area contributed by atoms with Gasteiger partial charge in [0, 0.05) is 11.3 Å². The highest BCUT2D eigenvalue weighted by Crippen LogP contribution is 2.46. The van der Waals surface area contributed by atoms with E-state index in [-0.39, 0.29) is 5.41 Å². The number of rotatable bonds is 2. The highest BCUT2D eigenvalue weighted by atomic mass is 16.5. The lowest BCUT2D eigenvalue weighted by Gasteiger charge is -2.30. The Labute approximate surface area is 95.8 Å². The van der Waals surface area contributed by atoms with E-state index >= 15 is 0 Å². The Bertz CT molecular complexity index is 381. The molecule has 0 spiro atoms. The smallest absolute Gasteiger partial charge is 0.232 e. The van der Waals surface area contributed by atoms with Gasteiger partial charge in [0.25, 0.3) is 0 Å². The molecule has 4 nitrogen and oxygen atoms in total. The number of nitrogens with one attached hydrogen (secondary N) is 1. The lowest BCUT2D eigenvalue weighted by atomic mass is 9.81. The summed E-state index contributed by atoms with van der Waals surface area (Å²) >= 11 is 0. The third-order valence-electron chi connectivity index (χ3n) is 4.11. The summed E-state index contributed by atoms with van der Waals surface area (Å²) in [6.07, 6.45) is 3.40. The molecule has 1 aliphatic carbocycles. The normalized spacial score (nSPS) is 32.6. The van der Waals surface area contributed by atoms with Crippen LogP contribution in [0.4, 0.5) is 0 Å². The first-order chi connectivity index (χ1) is 7.69. The molecular formula is C12H19N3O. The van der Waals surface area contributed by atoms with Crippen molar-refractivity contribution in [1.82, 2.24) is 15.5 Å². The predicted molar refractivity (Wildman–Crippen MR) is 60.3 cm³/mol. The van der Waals surface area contributed by atoms with Crippen molar-refractivity contribution in [3.63, 3.8) is 0 Å². The second-order valence-corrected chi connectivity index (χ2v) is 5.59. The number of hydrogen-bond donors (Lipinski definition) is 1. The van der Waals surface area contributed by atoms with Gasteiger partial charge in [0.15, 0.2) is 5.82 Å². The fourth-order valence-electron chi connectivity index (χ4n) is 2.50. The van der Waals surface area contributed by atoms with E-state index in [1.807, 2.05) is 0 Å². The molecule has 3 rings (SSSR count). The second-order valence-electron chi connectivity index (χ2n) is 5.59. The predicted octanol–water partition coefficient (Wildman–Crippen LogP) is 1.83. The molecule has 16 heavy (non-hydrogen) atoms.